The van der Waals surface area contributed by atoms with Crippen molar-refractivity contribution in [1.82, 2.24) is 10.6 Å². The van der Waals surface area contributed by atoms with Gasteiger partial charge in [-0.1, -0.05) is 19.1 Å². The van der Waals surface area contributed by atoms with Gasteiger partial charge in [-0.3, -0.25) is 4.99 Å². The lowest BCUT2D eigenvalue weighted by atomic mass is 10.1. The third-order valence-electron chi connectivity index (χ3n) is 4.07. The van der Waals surface area contributed by atoms with Crippen LogP contribution in [0.25, 0.3) is 0 Å². The fourth-order valence-corrected chi connectivity index (χ4v) is 2.34. The number of hydrogen-bond donors (Lipinski definition) is 2. The minimum Gasteiger partial charge on any atom is -0.497 e. The second kappa shape index (κ2) is 12.6. The maximum Gasteiger partial charge on any atom is 0.191 e. The van der Waals surface area contributed by atoms with E-state index in [0.29, 0.717) is 12.6 Å². The molecule has 2 N–H and O–H groups in total. The number of aliphatic imine (C=N–C) groups is 1. The van der Waals surface area contributed by atoms with E-state index in [2.05, 4.69) is 41.6 Å². The Balaban J connectivity index is 0.00000338. The Bertz CT molecular complexity index is 627. The second-order valence-corrected chi connectivity index (χ2v) is 6.04. The molecule has 2 rings (SSSR count). The number of benzene rings is 1. The van der Waals surface area contributed by atoms with Gasteiger partial charge in [-0.05, 0) is 49.6 Å². The average Bonchev–Trinajstić information content (AvgIpc) is 3.15. The molecule has 0 aliphatic carbocycles. The van der Waals surface area contributed by atoms with Gasteiger partial charge in [0, 0.05) is 25.6 Å². The predicted octanol–water partition coefficient (Wildman–Crippen LogP) is 4.03. The van der Waals surface area contributed by atoms with Crippen LogP contribution in [0.3, 0.4) is 0 Å². The van der Waals surface area contributed by atoms with E-state index in [4.69, 9.17) is 9.15 Å². The van der Waals surface area contributed by atoms with Crippen molar-refractivity contribution in [3.8, 4) is 5.75 Å². The number of ether oxygens (including phenoxy) is 1. The fourth-order valence-electron chi connectivity index (χ4n) is 2.34. The Morgan fingerprint density at radius 3 is 2.58 bits per heavy atom. The number of nitrogens with one attached hydrogen (secondary N) is 2. The molecular weight excluding hydrogens is 441 g/mol. The summed E-state index contributed by atoms with van der Waals surface area (Å²) in [5.41, 5.74) is 1.27. The zero-order valence-electron chi connectivity index (χ0n) is 15.8. The first-order valence-corrected chi connectivity index (χ1v) is 8.91. The van der Waals surface area contributed by atoms with Gasteiger partial charge in [0.05, 0.1) is 13.4 Å². The average molecular weight is 471 g/mol. The van der Waals surface area contributed by atoms with E-state index in [1.807, 2.05) is 24.3 Å². The Morgan fingerprint density at radius 2 is 1.96 bits per heavy atom. The SMILES string of the molecule is CCC(C)NC(=NCCc1ccco1)NCCc1ccc(OC)cc1.I. The molecule has 0 bridgehead atoms. The normalized spacial score (nSPS) is 12.2. The van der Waals surface area contributed by atoms with Gasteiger partial charge in [0.2, 0.25) is 0 Å². The van der Waals surface area contributed by atoms with E-state index < -0.39 is 0 Å². The van der Waals surface area contributed by atoms with Gasteiger partial charge < -0.3 is 19.8 Å². The zero-order valence-corrected chi connectivity index (χ0v) is 18.2. The molecule has 1 aromatic heterocycles. The van der Waals surface area contributed by atoms with Crippen molar-refractivity contribution in [3.05, 3.63) is 54.0 Å². The maximum atomic E-state index is 5.36. The summed E-state index contributed by atoms with van der Waals surface area (Å²) < 4.78 is 10.5. The van der Waals surface area contributed by atoms with E-state index in [1.54, 1.807) is 13.4 Å². The van der Waals surface area contributed by atoms with Gasteiger partial charge in [-0.2, -0.15) is 0 Å². The highest BCUT2D eigenvalue weighted by Crippen LogP contribution is 2.11. The molecular formula is C20H30IN3O2. The fraction of sp³-hybridized carbons (Fsp3) is 0.450. The van der Waals surface area contributed by atoms with Crippen molar-refractivity contribution in [2.45, 2.75) is 39.2 Å². The van der Waals surface area contributed by atoms with Gasteiger partial charge in [0.15, 0.2) is 5.96 Å². The van der Waals surface area contributed by atoms with Crippen molar-refractivity contribution in [2.75, 3.05) is 20.2 Å². The number of nitrogens with zero attached hydrogens (tertiary/aromatic N) is 1. The maximum absolute atomic E-state index is 5.36. The summed E-state index contributed by atoms with van der Waals surface area (Å²) in [6, 6.07) is 12.4. The minimum absolute atomic E-state index is 0. The zero-order chi connectivity index (χ0) is 17.9. The van der Waals surface area contributed by atoms with Gasteiger partial charge >= 0.3 is 0 Å². The summed E-state index contributed by atoms with van der Waals surface area (Å²) in [7, 11) is 1.68. The van der Waals surface area contributed by atoms with Crippen LogP contribution in [-0.2, 0) is 12.8 Å². The van der Waals surface area contributed by atoms with Crippen molar-refractivity contribution in [2.24, 2.45) is 4.99 Å². The highest BCUT2D eigenvalue weighted by molar-refractivity contribution is 14.0. The highest BCUT2D eigenvalue weighted by atomic mass is 127. The lowest BCUT2D eigenvalue weighted by Gasteiger charge is -2.17. The van der Waals surface area contributed by atoms with Crippen LogP contribution in [0.15, 0.2) is 52.1 Å². The third kappa shape index (κ3) is 8.12. The Kier molecular flexibility index (Phi) is 10.8. The van der Waals surface area contributed by atoms with Gasteiger partial charge in [0.1, 0.15) is 11.5 Å². The van der Waals surface area contributed by atoms with Crippen LogP contribution < -0.4 is 15.4 Å². The summed E-state index contributed by atoms with van der Waals surface area (Å²) in [4.78, 5) is 4.66. The number of hydrogen-bond acceptors (Lipinski definition) is 3. The quantitative estimate of drug-likeness (QED) is 0.330. The lowest BCUT2D eigenvalue weighted by Crippen LogP contribution is -2.43. The molecule has 0 radical (unpaired) electrons. The van der Waals surface area contributed by atoms with Crippen LogP contribution in [-0.4, -0.2) is 32.2 Å². The van der Waals surface area contributed by atoms with E-state index >= 15 is 0 Å². The molecule has 0 aliphatic heterocycles. The molecule has 2 aromatic rings. The molecule has 26 heavy (non-hydrogen) atoms. The summed E-state index contributed by atoms with van der Waals surface area (Å²) in [5, 5.41) is 6.86. The summed E-state index contributed by atoms with van der Waals surface area (Å²) in [6.45, 7) is 5.85. The molecule has 5 nitrogen and oxygen atoms in total. The molecule has 0 fully saturated rings. The molecule has 1 atom stereocenters. The molecule has 1 heterocycles. The standard InChI is InChI=1S/C20H29N3O2.HI/c1-4-16(2)23-20(22-14-12-19-6-5-15-25-19)21-13-11-17-7-9-18(24-3)10-8-17;/h5-10,15-16H,4,11-14H2,1-3H3,(H2,21,22,23);1H. The van der Waals surface area contributed by atoms with Crippen LogP contribution in [0.2, 0.25) is 0 Å². The second-order valence-electron chi connectivity index (χ2n) is 6.04. The first-order valence-electron chi connectivity index (χ1n) is 8.91. The van der Waals surface area contributed by atoms with Crippen LogP contribution in [0, 0.1) is 0 Å². The molecule has 0 spiro atoms. The lowest BCUT2D eigenvalue weighted by molar-refractivity contribution is 0.414. The number of rotatable bonds is 9. The Morgan fingerprint density at radius 1 is 1.19 bits per heavy atom. The Hall–Kier alpha value is -1.70. The topological polar surface area (TPSA) is 58.8 Å². The number of halogens is 1. The molecule has 144 valence electrons. The van der Waals surface area contributed by atoms with Crippen LogP contribution >= 0.6 is 24.0 Å². The minimum atomic E-state index is 0. The first-order chi connectivity index (χ1) is 12.2. The summed E-state index contributed by atoms with van der Waals surface area (Å²) in [6.07, 6.45) is 4.49. The predicted molar refractivity (Wildman–Crippen MR) is 118 cm³/mol. The van der Waals surface area contributed by atoms with Crippen molar-refractivity contribution < 1.29 is 9.15 Å². The molecule has 1 unspecified atom stereocenters. The molecule has 0 saturated heterocycles. The molecule has 0 amide bonds. The number of furan rings is 1. The summed E-state index contributed by atoms with van der Waals surface area (Å²) in [5.74, 6) is 2.70. The molecule has 1 aromatic carbocycles. The monoisotopic (exact) mass is 471 g/mol. The van der Waals surface area contributed by atoms with Crippen molar-refractivity contribution >= 4 is 29.9 Å². The highest BCUT2D eigenvalue weighted by Gasteiger charge is 2.04. The van der Waals surface area contributed by atoms with E-state index in [9.17, 15) is 0 Å². The van der Waals surface area contributed by atoms with Gasteiger partial charge in [-0.15, -0.1) is 24.0 Å². The number of methoxy groups -OCH3 is 1. The molecule has 0 aliphatic rings. The molecule has 6 heteroatoms. The first kappa shape index (κ1) is 22.3. The summed E-state index contributed by atoms with van der Waals surface area (Å²) >= 11 is 0. The third-order valence-corrected chi connectivity index (χ3v) is 4.07. The van der Waals surface area contributed by atoms with E-state index in [0.717, 1.165) is 43.3 Å². The van der Waals surface area contributed by atoms with Crippen molar-refractivity contribution in [3.63, 3.8) is 0 Å². The smallest absolute Gasteiger partial charge is 0.191 e. The van der Waals surface area contributed by atoms with Crippen molar-refractivity contribution in [1.29, 1.82) is 0 Å². The van der Waals surface area contributed by atoms with Crippen LogP contribution in [0.4, 0.5) is 0 Å². The van der Waals surface area contributed by atoms with Crippen LogP contribution in [0.1, 0.15) is 31.6 Å². The van der Waals surface area contributed by atoms with Gasteiger partial charge in [0.25, 0.3) is 0 Å². The number of guanidine groups is 1. The van der Waals surface area contributed by atoms with Gasteiger partial charge in [-0.25, -0.2) is 0 Å². The van der Waals surface area contributed by atoms with E-state index in [1.165, 1.54) is 5.56 Å². The van der Waals surface area contributed by atoms with Crippen LogP contribution in [0.5, 0.6) is 5.75 Å². The largest absolute Gasteiger partial charge is 0.497 e. The Labute approximate surface area is 173 Å². The van der Waals surface area contributed by atoms with E-state index in [-0.39, 0.29) is 24.0 Å². The molecule has 0 saturated carbocycles.